The van der Waals surface area contributed by atoms with E-state index in [1.54, 1.807) is 0 Å². The van der Waals surface area contributed by atoms with Gasteiger partial charge in [0, 0.05) is 0 Å². The summed E-state index contributed by atoms with van der Waals surface area (Å²) in [6.07, 6.45) is 9.03. The normalized spacial score (nSPS) is 21.5. The number of aryl methyl sites for hydroxylation is 1. The van der Waals surface area contributed by atoms with Gasteiger partial charge in [-0.3, -0.25) is 4.89 Å². The monoisotopic (exact) mass is 304 g/mol. The number of hydrogen-bond donors (Lipinski definition) is 0. The zero-order valence-electron chi connectivity index (χ0n) is 13.8. The molecular weight excluding hydrogens is 276 g/mol. The van der Waals surface area contributed by atoms with Gasteiger partial charge in [-0.1, -0.05) is 38.8 Å². The lowest BCUT2D eigenvalue weighted by Crippen LogP contribution is -2.23. The highest BCUT2D eigenvalue weighted by molar-refractivity contribution is 5.88. The average molecular weight is 304 g/mol. The second-order valence-electron chi connectivity index (χ2n) is 6.32. The third-order valence-electron chi connectivity index (χ3n) is 4.64. The molecule has 0 N–H and O–H groups in total. The lowest BCUT2D eigenvalue weighted by Gasteiger charge is -2.26. The van der Waals surface area contributed by atoms with Crippen molar-refractivity contribution in [3.8, 4) is 0 Å². The predicted molar refractivity (Wildman–Crippen MR) is 87.6 cm³/mol. The highest BCUT2D eigenvalue weighted by Gasteiger charge is 2.22. The van der Waals surface area contributed by atoms with Crippen molar-refractivity contribution in [2.45, 2.75) is 71.3 Å². The molecule has 3 heteroatoms. The first-order valence-electron chi connectivity index (χ1n) is 8.69. The number of unbranched alkanes of at least 4 members (excludes halogenated alkanes) is 1. The van der Waals surface area contributed by atoms with Gasteiger partial charge in [-0.15, -0.1) is 0 Å². The van der Waals surface area contributed by atoms with Crippen molar-refractivity contribution in [2.75, 3.05) is 0 Å². The standard InChI is InChI=1S/C19H28O3/c1-3-5-6-16-7-11-17(12-8-16)19(20)22-21-18-13-9-15(4-2)10-14-18/h7-8,11-12,15,18H,3-6,9-10,13-14H2,1-2H3. The molecule has 0 heterocycles. The van der Waals surface area contributed by atoms with E-state index < -0.39 is 0 Å². The Labute approximate surface area is 133 Å². The molecule has 0 radical (unpaired) electrons. The molecule has 2 rings (SSSR count). The highest BCUT2D eigenvalue weighted by atomic mass is 17.2. The van der Waals surface area contributed by atoms with Gasteiger partial charge in [0.25, 0.3) is 0 Å². The largest absolute Gasteiger partial charge is 0.373 e. The van der Waals surface area contributed by atoms with Crippen LogP contribution in [0, 0.1) is 5.92 Å². The van der Waals surface area contributed by atoms with Gasteiger partial charge in [-0.25, -0.2) is 4.79 Å². The summed E-state index contributed by atoms with van der Waals surface area (Å²) in [6.45, 7) is 4.41. The van der Waals surface area contributed by atoms with Crippen LogP contribution in [0.1, 0.15) is 74.7 Å². The van der Waals surface area contributed by atoms with E-state index in [4.69, 9.17) is 9.78 Å². The summed E-state index contributed by atoms with van der Waals surface area (Å²) in [6, 6.07) is 7.65. The van der Waals surface area contributed by atoms with Crippen LogP contribution in [0.25, 0.3) is 0 Å². The Balaban J connectivity index is 1.75. The quantitative estimate of drug-likeness (QED) is 0.520. The number of hydrogen-bond acceptors (Lipinski definition) is 3. The van der Waals surface area contributed by atoms with Gasteiger partial charge in [0.1, 0.15) is 6.10 Å². The molecule has 1 saturated carbocycles. The second-order valence-corrected chi connectivity index (χ2v) is 6.32. The maximum atomic E-state index is 12.0. The topological polar surface area (TPSA) is 35.5 Å². The van der Waals surface area contributed by atoms with Crippen molar-refractivity contribution in [3.05, 3.63) is 35.4 Å². The van der Waals surface area contributed by atoms with Gasteiger partial charge in [-0.05, 0) is 62.1 Å². The van der Waals surface area contributed by atoms with E-state index in [9.17, 15) is 4.79 Å². The van der Waals surface area contributed by atoms with Crippen molar-refractivity contribution in [1.29, 1.82) is 0 Å². The van der Waals surface area contributed by atoms with E-state index in [-0.39, 0.29) is 12.1 Å². The summed E-state index contributed by atoms with van der Waals surface area (Å²) in [5, 5.41) is 0. The fourth-order valence-corrected chi connectivity index (χ4v) is 2.98. The minimum absolute atomic E-state index is 0.0653. The molecule has 0 aromatic heterocycles. The minimum Gasteiger partial charge on any atom is -0.293 e. The van der Waals surface area contributed by atoms with Crippen LogP contribution in [0.3, 0.4) is 0 Å². The van der Waals surface area contributed by atoms with E-state index in [1.165, 1.54) is 37.7 Å². The molecule has 1 aliphatic carbocycles. The molecule has 0 atom stereocenters. The highest BCUT2D eigenvalue weighted by Crippen LogP contribution is 2.28. The van der Waals surface area contributed by atoms with Gasteiger partial charge in [0.2, 0.25) is 0 Å². The van der Waals surface area contributed by atoms with Crippen molar-refractivity contribution >= 4 is 5.97 Å². The Morgan fingerprint density at radius 3 is 2.36 bits per heavy atom. The molecule has 0 aliphatic heterocycles. The molecule has 0 saturated heterocycles. The maximum Gasteiger partial charge on any atom is 0.373 e. The van der Waals surface area contributed by atoms with E-state index in [0.717, 1.165) is 25.2 Å². The van der Waals surface area contributed by atoms with E-state index in [2.05, 4.69) is 13.8 Å². The molecule has 122 valence electrons. The Morgan fingerprint density at radius 1 is 1.09 bits per heavy atom. The Morgan fingerprint density at radius 2 is 1.77 bits per heavy atom. The van der Waals surface area contributed by atoms with Crippen LogP contribution in [-0.2, 0) is 16.2 Å². The van der Waals surface area contributed by atoms with Gasteiger partial charge < -0.3 is 0 Å². The third-order valence-corrected chi connectivity index (χ3v) is 4.64. The first-order valence-corrected chi connectivity index (χ1v) is 8.69. The van der Waals surface area contributed by atoms with Crippen molar-refractivity contribution < 1.29 is 14.6 Å². The molecule has 1 aromatic rings. The lowest BCUT2D eigenvalue weighted by atomic mass is 9.86. The zero-order valence-corrected chi connectivity index (χ0v) is 13.8. The first kappa shape index (κ1) is 17.0. The summed E-state index contributed by atoms with van der Waals surface area (Å²) in [5.41, 5.74) is 1.82. The molecular formula is C19H28O3. The van der Waals surface area contributed by atoms with Crippen LogP contribution < -0.4 is 0 Å². The third kappa shape index (κ3) is 5.13. The van der Waals surface area contributed by atoms with Crippen LogP contribution in [0.4, 0.5) is 0 Å². The summed E-state index contributed by atoms with van der Waals surface area (Å²) >= 11 is 0. The Kier molecular flexibility index (Phi) is 6.91. The summed E-state index contributed by atoms with van der Waals surface area (Å²) < 4.78 is 0. The molecule has 1 fully saturated rings. The minimum atomic E-state index is -0.389. The molecule has 0 spiro atoms. The SMILES string of the molecule is CCCCc1ccc(C(=O)OOC2CCC(CC)CC2)cc1. The number of rotatable bonds is 7. The van der Waals surface area contributed by atoms with Crippen molar-refractivity contribution in [2.24, 2.45) is 5.92 Å². The van der Waals surface area contributed by atoms with Gasteiger partial charge in [-0.2, -0.15) is 4.89 Å². The number of benzene rings is 1. The number of carbonyl (C=O) groups is 1. The summed E-state index contributed by atoms with van der Waals surface area (Å²) in [7, 11) is 0. The molecule has 22 heavy (non-hydrogen) atoms. The Bertz CT molecular complexity index is 444. The smallest absolute Gasteiger partial charge is 0.293 e. The van der Waals surface area contributed by atoms with Gasteiger partial charge in [0.05, 0.1) is 5.56 Å². The summed E-state index contributed by atoms with van der Waals surface area (Å²) in [5.74, 6) is 0.422. The van der Waals surface area contributed by atoms with E-state index in [0.29, 0.717) is 5.56 Å². The summed E-state index contributed by atoms with van der Waals surface area (Å²) in [4.78, 5) is 22.3. The van der Waals surface area contributed by atoms with E-state index >= 15 is 0 Å². The van der Waals surface area contributed by atoms with Crippen LogP contribution in [-0.4, -0.2) is 12.1 Å². The van der Waals surface area contributed by atoms with E-state index in [1.807, 2.05) is 24.3 Å². The average Bonchev–Trinajstić information content (AvgIpc) is 2.58. The zero-order chi connectivity index (χ0) is 15.8. The first-order chi connectivity index (χ1) is 10.7. The molecule has 0 unspecified atom stereocenters. The fraction of sp³-hybridized carbons (Fsp3) is 0.632. The molecule has 1 aromatic carbocycles. The van der Waals surface area contributed by atoms with Crippen LogP contribution >= 0.6 is 0 Å². The molecule has 3 nitrogen and oxygen atoms in total. The van der Waals surface area contributed by atoms with Crippen LogP contribution in [0.5, 0.6) is 0 Å². The maximum absolute atomic E-state index is 12.0. The fourth-order valence-electron chi connectivity index (χ4n) is 2.98. The molecule has 1 aliphatic rings. The Hall–Kier alpha value is -1.35. The molecule has 0 bridgehead atoms. The van der Waals surface area contributed by atoms with Crippen LogP contribution in [0.15, 0.2) is 24.3 Å². The van der Waals surface area contributed by atoms with Gasteiger partial charge in [0.15, 0.2) is 0 Å². The number of carbonyl (C=O) groups excluding carboxylic acids is 1. The lowest BCUT2D eigenvalue weighted by molar-refractivity contribution is -0.280. The van der Waals surface area contributed by atoms with Crippen LogP contribution in [0.2, 0.25) is 0 Å². The van der Waals surface area contributed by atoms with Crippen molar-refractivity contribution in [1.82, 2.24) is 0 Å². The van der Waals surface area contributed by atoms with Crippen molar-refractivity contribution in [3.63, 3.8) is 0 Å². The second kappa shape index (κ2) is 8.94. The van der Waals surface area contributed by atoms with Gasteiger partial charge >= 0.3 is 5.97 Å². The predicted octanol–water partition coefficient (Wildman–Crippen LogP) is 5.09. The molecule has 0 amide bonds.